The molecule has 0 spiro atoms. The van der Waals surface area contributed by atoms with E-state index in [1.807, 2.05) is 0 Å². The zero-order chi connectivity index (χ0) is 13.8. The van der Waals surface area contributed by atoms with Crippen LogP contribution in [0.15, 0.2) is 0 Å². The Hall–Kier alpha value is -0.570. The molecule has 1 amide bonds. The Morgan fingerprint density at radius 1 is 1.05 bits per heavy atom. The molecule has 0 aromatic rings. The van der Waals surface area contributed by atoms with Gasteiger partial charge in [0.15, 0.2) is 0 Å². The zero-order valence-corrected chi connectivity index (χ0v) is 12.9. The molecule has 2 aliphatic rings. The highest BCUT2D eigenvalue weighted by molar-refractivity contribution is 5.79. The van der Waals surface area contributed by atoms with E-state index in [0.717, 1.165) is 44.9 Å². The Kier molecular flexibility index (Phi) is 5.26. The average Bonchev–Trinajstić information content (AvgIpc) is 2.46. The third-order valence-corrected chi connectivity index (χ3v) is 5.13. The molecule has 0 aromatic heterocycles. The Balaban J connectivity index is 1.78. The number of amides is 1. The maximum Gasteiger partial charge on any atom is 0.225 e. The normalized spacial score (nSPS) is 29.8. The summed E-state index contributed by atoms with van der Waals surface area (Å²) in [6.07, 6.45) is 6.06. The first-order valence-corrected chi connectivity index (χ1v) is 8.14. The van der Waals surface area contributed by atoms with Crippen LogP contribution in [-0.2, 0) is 4.79 Å². The van der Waals surface area contributed by atoms with Gasteiger partial charge < -0.3 is 4.90 Å². The van der Waals surface area contributed by atoms with Crippen LogP contribution in [0.1, 0.15) is 52.9 Å². The molecule has 0 N–H and O–H groups in total. The highest BCUT2D eigenvalue weighted by atomic mass is 16.2. The highest BCUT2D eigenvalue weighted by Crippen LogP contribution is 2.31. The molecule has 1 saturated carbocycles. The van der Waals surface area contributed by atoms with Gasteiger partial charge in [-0.3, -0.25) is 9.69 Å². The van der Waals surface area contributed by atoms with Gasteiger partial charge in [0.25, 0.3) is 0 Å². The van der Waals surface area contributed by atoms with Crippen LogP contribution in [0.3, 0.4) is 0 Å². The van der Waals surface area contributed by atoms with Gasteiger partial charge in [0.05, 0.1) is 0 Å². The van der Waals surface area contributed by atoms with Crippen molar-refractivity contribution in [2.24, 2.45) is 11.8 Å². The molecule has 3 nitrogen and oxygen atoms in total. The number of hydrogen-bond acceptors (Lipinski definition) is 2. The molecule has 2 rings (SSSR count). The Morgan fingerprint density at radius 3 is 2.11 bits per heavy atom. The van der Waals surface area contributed by atoms with Gasteiger partial charge in [0.2, 0.25) is 5.91 Å². The van der Waals surface area contributed by atoms with Gasteiger partial charge in [0.1, 0.15) is 0 Å². The smallest absolute Gasteiger partial charge is 0.225 e. The largest absolute Gasteiger partial charge is 0.340 e. The van der Waals surface area contributed by atoms with Crippen LogP contribution in [0.4, 0.5) is 0 Å². The van der Waals surface area contributed by atoms with Crippen molar-refractivity contribution in [3.05, 3.63) is 0 Å². The molecule has 1 aliphatic heterocycles. The molecule has 3 heteroatoms. The van der Waals surface area contributed by atoms with Crippen LogP contribution in [0, 0.1) is 11.8 Å². The summed E-state index contributed by atoms with van der Waals surface area (Å²) in [5.41, 5.74) is 0. The van der Waals surface area contributed by atoms with Crippen LogP contribution < -0.4 is 0 Å². The van der Waals surface area contributed by atoms with Gasteiger partial charge >= 0.3 is 0 Å². The summed E-state index contributed by atoms with van der Waals surface area (Å²) < 4.78 is 0. The Labute approximate surface area is 118 Å². The molecule has 1 heterocycles. The molecule has 0 radical (unpaired) electrons. The van der Waals surface area contributed by atoms with Crippen molar-refractivity contribution in [3.63, 3.8) is 0 Å². The van der Waals surface area contributed by atoms with Gasteiger partial charge in [0, 0.05) is 38.1 Å². The lowest BCUT2D eigenvalue weighted by atomic mass is 9.80. The van der Waals surface area contributed by atoms with Crippen LogP contribution in [0.25, 0.3) is 0 Å². The molecule has 1 saturated heterocycles. The standard InChI is InChI=1S/C16H30N2O/c1-4-14-5-7-15(8-6-14)16(19)18-11-9-17(10-12-18)13(2)3/h13-15H,4-12H2,1-3H3. The number of carbonyl (C=O) groups excluding carboxylic acids is 1. The lowest BCUT2D eigenvalue weighted by Crippen LogP contribution is -2.52. The minimum Gasteiger partial charge on any atom is -0.340 e. The average molecular weight is 266 g/mol. The van der Waals surface area contributed by atoms with Crippen molar-refractivity contribution in [3.8, 4) is 0 Å². The minimum atomic E-state index is 0.327. The maximum absolute atomic E-state index is 12.5. The molecule has 0 unspecified atom stereocenters. The van der Waals surface area contributed by atoms with Crippen molar-refractivity contribution >= 4 is 5.91 Å². The van der Waals surface area contributed by atoms with Crippen molar-refractivity contribution < 1.29 is 4.79 Å². The van der Waals surface area contributed by atoms with E-state index in [-0.39, 0.29) is 0 Å². The number of carbonyl (C=O) groups is 1. The van der Waals surface area contributed by atoms with Gasteiger partial charge in [-0.15, -0.1) is 0 Å². The Morgan fingerprint density at radius 2 is 1.63 bits per heavy atom. The number of hydrogen-bond donors (Lipinski definition) is 0. The van der Waals surface area contributed by atoms with Crippen molar-refractivity contribution in [2.45, 2.75) is 58.9 Å². The van der Waals surface area contributed by atoms with Crippen LogP contribution in [-0.4, -0.2) is 47.9 Å². The summed E-state index contributed by atoms with van der Waals surface area (Å²) in [5, 5.41) is 0. The van der Waals surface area contributed by atoms with Gasteiger partial charge in [-0.05, 0) is 45.4 Å². The molecular formula is C16H30N2O. The third kappa shape index (κ3) is 3.71. The highest BCUT2D eigenvalue weighted by Gasteiger charge is 2.30. The molecule has 0 bridgehead atoms. The summed E-state index contributed by atoms with van der Waals surface area (Å²) in [6, 6.07) is 0.609. The van der Waals surface area contributed by atoms with Crippen LogP contribution >= 0.6 is 0 Å². The molecule has 1 aliphatic carbocycles. The van der Waals surface area contributed by atoms with E-state index < -0.39 is 0 Å². The topological polar surface area (TPSA) is 23.6 Å². The van der Waals surface area contributed by atoms with E-state index in [2.05, 4.69) is 30.6 Å². The maximum atomic E-state index is 12.5. The summed E-state index contributed by atoms with van der Waals surface area (Å²) >= 11 is 0. The van der Waals surface area contributed by atoms with E-state index in [1.165, 1.54) is 19.3 Å². The van der Waals surface area contributed by atoms with E-state index in [1.54, 1.807) is 0 Å². The molecule has 110 valence electrons. The molecular weight excluding hydrogens is 236 g/mol. The van der Waals surface area contributed by atoms with E-state index in [4.69, 9.17) is 0 Å². The monoisotopic (exact) mass is 266 g/mol. The van der Waals surface area contributed by atoms with E-state index in [9.17, 15) is 4.79 Å². The quantitative estimate of drug-likeness (QED) is 0.784. The molecule has 0 atom stereocenters. The summed E-state index contributed by atoms with van der Waals surface area (Å²) in [6.45, 7) is 10.7. The first-order chi connectivity index (χ1) is 9.11. The number of nitrogens with zero attached hydrogens (tertiary/aromatic N) is 2. The Bertz CT molecular complexity index is 287. The predicted octanol–water partition coefficient (Wildman–Crippen LogP) is 2.76. The third-order valence-electron chi connectivity index (χ3n) is 5.13. The van der Waals surface area contributed by atoms with Crippen LogP contribution in [0.2, 0.25) is 0 Å². The summed E-state index contributed by atoms with van der Waals surface area (Å²) in [5.74, 6) is 1.65. The van der Waals surface area contributed by atoms with E-state index >= 15 is 0 Å². The molecule has 0 aromatic carbocycles. The second-order valence-corrected chi connectivity index (χ2v) is 6.58. The van der Waals surface area contributed by atoms with E-state index in [0.29, 0.717) is 17.9 Å². The van der Waals surface area contributed by atoms with Gasteiger partial charge in [-0.25, -0.2) is 0 Å². The summed E-state index contributed by atoms with van der Waals surface area (Å²) in [4.78, 5) is 17.1. The fraction of sp³-hybridized carbons (Fsp3) is 0.938. The lowest BCUT2D eigenvalue weighted by molar-refractivity contribution is -0.138. The van der Waals surface area contributed by atoms with Crippen molar-refractivity contribution in [1.29, 1.82) is 0 Å². The number of rotatable bonds is 3. The zero-order valence-electron chi connectivity index (χ0n) is 12.9. The van der Waals surface area contributed by atoms with Crippen molar-refractivity contribution in [2.75, 3.05) is 26.2 Å². The molecule has 19 heavy (non-hydrogen) atoms. The first-order valence-electron chi connectivity index (χ1n) is 8.14. The molecule has 2 fully saturated rings. The van der Waals surface area contributed by atoms with Gasteiger partial charge in [-0.1, -0.05) is 13.3 Å². The number of piperazine rings is 1. The fourth-order valence-electron chi connectivity index (χ4n) is 3.53. The second-order valence-electron chi connectivity index (χ2n) is 6.58. The predicted molar refractivity (Wildman–Crippen MR) is 79.0 cm³/mol. The lowest BCUT2D eigenvalue weighted by Gasteiger charge is -2.39. The summed E-state index contributed by atoms with van der Waals surface area (Å²) in [7, 11) is 0. The minimum absolute atomic E-state index is 0.327. The first kappa shape index (κ1) is 14.8. The van der Waals surface area contributed by atoms with Crippen molar-refractivity contribution in [1.82, 2.24) is 9.80 Å². The second kappa shape index (κ2) is 6.74. The van der Waals surface area contributed by atoms with Crippen LogP contribution in [0.5, 0.6) is 0 Å². The SMILES string of the molecule is CCC1CCC(C(=O)N2CCN(C(C)C)CC2)CC1. The van der Waals surface area contributed by atoms with Gasteiger partial charge in [-0.2, -0.15) is 0 Å². The fourth-order valence-corrected chi connectivity index (χ4v) is 3.53.